The molecule has 0 saturated carbocycles. The van der Waals surface area contributed by atoms with Gasteiger partial charge in [0.25, 0.3) is 0 Å². The van der Waals surface area contributed by atoms with Gasteiger partial charge in [0.15, 0.2) is 0 Å². The molecule has 0 amide bonds. The van der Waals surface area contributed by atoms with E-state index in [1.807, 2.05) is 0 Å². The Hall–Kier alpha value is -1.43. The molecule has 4 nitrogen and oxygen atoms in total. The first-order valence-corrected chi connectivity index (χ1v) is 6.40. The first-order chi connectivity index (χ1) is 8.08. The van der Waals surface area contributed by atoms with Gasteiger partial charge >= 0.3 is 5.97 Å². The fourth-order valence-electron chi connectivity index (χ4n) is 1.75. The summed E-state index contributed by atoms with van der Waals surface area (Å²) < 4.78 is 13.6. The Bertz CT molecular complexity index is 447. The van der Waals surface area contributed by atoms with Crippen molar-refractivity contribution in [3.05, 3.63) is 23.5 Å². The van der Waals surface area contributed by atoms with Crippen LogP contribution in [-0.2, 0) is 0 Å². The molecular weight excluding hydrogens is 243 g/mol. The number of hydrogen-bond donors (Lipinski definition) is 3. The van der Waals surface area contributed by atoms with Gasteiger partial charge in [-0.15, -0.1) is 0 Å². The Morgan fingerprint density at radius 2 is 2.35 bits per heavy atom. The van der Waals surface area contributed by atoms with Gasteiger partial charge < -0.3 is 16.2 Å². The molecule has 92 valence electrons. The van der Waals surface area contributed by atoms with E-state index in [9.17, 15) is 9.18 Å². The molecule has 1 saturated heterocycles. The zero-order valence-corrected chi connectivity index (χ0v) is 9.89. The van der Waals surface area contributed by atoms with E-state index in [2.05, 4.69) is 5.32 Å². The second-order valence-electron chi connectivity index (χ2n) is 3.93. The molecule has 1 heterocycles. The number of carboxylic acid groups (broad SMARTS) is 1. The molecule has 4 N–H and O–H groups in total. The number of carboxylic acids is 1. The third kappa shape index (κ3) is 2.63. The van der Waals surface area contributed by atoms with Gasteiger partial charge in [-0.1, -0.05) is 0 Å². The number of nitrogen functional groups attached to an aromatic ring is 1. The van der Waals surface area contributed by atoms with E-state index >= 15 is 0 Å². The minimum absolute atomic E-state index is 0.0543. The Kier molecular flexibility index (Phi) is 3.42. The summed E-state index contributed by atoms with van der Waals surface area (Å²) in [6.07, 6.45) is 0.955. The number of nitrogens with one attached hydrogen (secondary N) is 1. The third-order valence-corrected chi connectivity index (χ3v) is 3.82. The quantitative estimate of drug-likeness (QED) is 0.721. The summed E-state index contributed by atoms with van der Waals surface area (Å²) in [6.45, 7) is 0. The molecule has 0 spiro atoms. The number of halogens is 1. The van der Waals surface area contributed by atoms with Crippen LogP contribution in [0.4, 0.5) is 15.8 Å². The van der Waals surface area contributed by atoms with Gasteiger partial charge in [0.1, 0.15) is 5.82 Å². The van der Waals surface area contributed by atoms with Crippen LogP contribution in [0.15, 0.2) is 12.1 Å². The molecular formula is C11H13FN2O2S. The maximum Gasteiger partial charge on any atom is 0.337 e. The highest BCUT2D eigenvalue weighted by molar-refractivity contribution is 7.99. The summed E-state index contributed by atoms with van der Waals surface area (Å²) in [6, 6.07) is 2.50. The monoisotopic (exact) mass is 256 g/mol. The summed E-state index contributed by atoms with van der Waals surface area (Å²) >= 11 is 1.79. The maximum absolute atomic E-state index is 13.6. The average Bonchev–Trinajstić information content (AvgIpc) is 2.74. The van der Waals surface area contributed by atoms with E-state index in [0.717, 1.165) is 24.0 Å². The zero-order valence-electron chi connectivity index (χ0n) is 9.07. The lowest BCUT2D eigenvalue weighted by molar-refractivity contribution is 0.0698. The normalized spacial score (nSPS) is 19.2. The molecule has 1 unspecified atom stereocenters. The van der Waals surface area contributed by atoms with Crippen LogP contribution >= 0.6 is 11.8 Å². The second kappa shape index (κ2) is 4.83. The number of carbonyl (C=O) groups is 1. The van der Waals surface area contributed by atoms with Crippen LogP contribution < -0.4 is 11.1 Å². The molecule has 1 fully saturated rings. The van der Waals surface area contributed by atoms with Crippen molar-refractivity contribution >= 4 is 29.1 Å². The third-order valence-electron chi connectivity index (χ3n) is 2.66. The highest BCUT2D eigenvalue weighted by atomic mass is 32.2. The lowest BCUT2D eigenvalue weighted by Gasteiger charge is -2.14. The van der Waals surface area contributed by atoms with E-state index < -0.39 is 11.8 Å². The molecule has 0 aromatic heterocycles. The van der Waals surface area contributed by atoms with Crippen molar-refractivity contribution in [2.24, 2.45) is 0 Å². The lowest BCUT2D eigenvalue weighted by atomic mass is 10.1. The zero-order chi connectivity index (χ0) is 12.4. The summed E-state index contributed by atoms with van der Waals surface area (Å²) in [5.74, 6) is 0.294. The van der Waals surface area contributed by atoms with Crippen molar-refractivity contribution < 1.29 is 14.3 Å². The minimum atomic E-state index is -1.15. The first kappa shape index (κ1) is 12.0. The number of nitrogens with two attached hydrogens (primary N) is 1. The molecule has 1 aliphatic heterocycles. The van der Waals surface area contributed by atoms with Gasteiger partial charge in [0.2, 0.25) is 0 Å². The molecule has 17 heavy (non-hydrogen) atoms. The molecule has 0 bridgehead atoms. The predicted molar refractivity (Wildman–Crippen MR) is 67.1 cm³/mol. The van der Waals surface area contributed by atoms with E-state index in [1.165, 1.54) is 6.07 Å². The molecule has 2 rings (SSSR count). The van der Waals surface area contributed by atoms with Crippen molar-refractivity contribution in [1.29, 1.82) is 0 Å². The van der Waals surface area contributed by atoms with Crippen LogP contribution in [0.3, 0.4) is 0 Å². The lowest BCUT2D eigenvalue weighted by Crippen LogP contribution is -2.19. The van der Waals surface area contributed by atoms with Crippen molar-refractivity contribution in [3.63, 3.8) is 0 Å². The summed E-state index contributed by atoms with van der Waals surface area (Å²) in [5, 5.41) is 11.9. The van der Waals surface area contributed by atoms with Gasteiger partial charge in [-0.05, 0) is 24.3 Å². The van der Waals surface area contributed by atoms with Crippen LogP contribution in [0.5, 0.6) is 0 Å². The largest absolute Gasteiger partial charge is 0.478 e. The standard InChI is InChI=1S/C11H13FN2O2S/c12-8-4-9(13)7(11(15)16)3-10(8)14-6-1-2-17-5-6/h3-4,6,14H,1-2,5,13H2,(H,15,16). The van der Waals surface area contributed by atoms with E-state index in [-0.39, 0.29) is 23.0 Å². The van der Waals surface area contributed by atoms with Crippen LogP contribution in [0.25, 0.3) is 0 Å². The van der Waals surface area contributed by atoms with Crippen LogP contribution in [-0.4, -0.2) is 28.6 Å². The number of anilines is 2. The van der Waals surface area contributed by atoms with Crippen LogP contribution in [0.2, 0.25) is 0 Å². The van der Waals surface area contributed by atoms with Gasteiger partial charge in [-0.3, -0.25) is 0 Å². The van der Waals surface area contributed by atoms with Gasteiger partial charge in [-0.2, -0.15) is 11.8 Å². The van der Waals surface area contributed by atoms with E-state index in [0.29, 0.717) is 0 Å². The second-order valence-corrected chi connectivity index (χ2v) is 5.08. The number of benzene rings is 1. The van der Waals surface area contributed by atoms with E-state index in [1.54, 1.807) is 11.8 Å². The van der Waals surface area contributed by atoms with Crippen LogP contribution in [0.1, 0.15) is 16.8 Å². The topological polar surface area (TPSA) is 75.3 Å². The van der Waals surface area contributed by atoms with Crippen molar-refractivity contribution in [2.45, 2.75) is 12.5 Å². The molecule has 6 heteroatoms. The molecule has 1 aromatic rings. The predicted octanol–water partition coefficient (Wildman–Crippen LogP) is 2.02. The van der Waals surface area contributed by atoms with Gasteiger partial charge in [0.05, 0.1) is 11.3 Å². The van der Waals surface area contributed by atoms with Gasteiger partial charge in [0, 0.05) is 17.5 Å². The molecule has 0 aliphatic carbocycles. The maximum atomic E-state index is 13.6. The van der Waals surface area contributed by atoms with Crippen molar-refractivity contribution in [3.8, 4) is 0 Å². The molecule has 1 atom stereocenters. The van der Waals surface area contributed by atoms with Gasteiger partial charge in [-0.25, -0.2) is 9.18 Å². The molecule has 1 aromatic carbocycles. The van der Waals surface area contributed by atoms with Crippen molar-refractivity contribution in [2.75, 3.05) is 22.6 Å². The Labute approximate surface area is 102 Å². The highest BCUT2D eigenvalue weighted by Crippen LogP contribution is 2.26. The first-order valence-electron chi connectivity index (χ1n) is 5.24. The van der Waals surface area contributed by atoms with Crippen LogP contribution in [0, 0.1) is 5.82 Å². The number of hydrogen-bond acceptors (Lipinski definition) is 4. The minimum Gasteiger partial charge on any atom is -0.478 e. The number of thioether (sulfide) groups is 1. The highest BCUT2D eigenvalue weighted by Gasteiger charge is 2.19. The number of aromatic carboxylic acids is 1. The Morgan fingerprint density at radius 3 is 2.94 bits per heavy atom. The fourth-order valence-corrected chi connectivity index (χ4v) is 2.91. The smallest absolute Gasteiger partial charge is 0.337 e. The van der Waals surface area contributed by atoms with E-state index in [4.69, 9.17) is 10.8 Å². The molecule has 1 aliphatic rings. The summed E-state index contributed by atoms with van der Waals surface area (Å²) in [4.78, 5) is 10.9. The SMILES string of the molecule is Nc1cc(F)c(NC2CCSC2)cc1C(=O)O. The molecule has 0 radical (unpaired) electrons. The average molecular weight is 256 g/mol. The van der Waals surface area contributed by atoms with Crippen molar-refractivity contribution in [1.82, 2.24) is 0 Å². The Morgan fingerprint density at radius 1 is 1.59 bits per heavy atom. The number of rotatable bonds is 3. The fraction of sp³-hybridized carbons (Fsp3) is 0.364. The Balaban J connectivity index is 2.26. The summed E-state index contributed by atoms with van der Waals surface area (Å²) in [7, 11) is 0. The summed E-state index contributed by atoms with van der Waals surface area (Å²) in [5.41, 5.74) is 5.53.